The van der Waals surface area contributed by atoms with Crippen LogP contribution in [0.15, 0.2) is 71.1 Å². The Morgan fingerprint density at radius 3 is 2.41 bits per heavy atom. The minimum atomic E-state index is -0.354. The molecule has 1 aromatic heterocycles. The first-order valence-electron chi connectivity index (χ1n) is 9.04. The second kappa shape index (κ2) is 9.36. The number of rotatable bonds is 7. The lowest BCUT2D eigenvalue weighted by Gasteiger charge is -2.04. The van der Waals surface area contributed by atoms with Crippen molar-refractivity contribution in [3.63, 3.8) is 0 Å². The van der Waals surface area contributed by atoms with Crippen molar-refractivity contribution in [3.8, 4) is 0 Å². The fraction of sp³-hybridized carbons (Fsp3) is 0.136. The van der Waals surface area contributed by atoms with Gasteiger partial charge in [-0.3, -0.25) is 0 Å². The fourth-order valence-corrected chi connectivity index (χ4v) is 3.18. The summed E-state index contributed by atoms with van der Waals surface area (Å²) < 4.78 is 6.95. The maximum absolute atomic E-state index is 12.3. The molecule has 0 amide bonds. The molecule has 0 aliphatic carbocycles. The van der Waals surface area contributed by atoms with Crippen molar-refractivity contribution in [2.75, 3.05) is 7.11 Å². The van der Waals surface area contributed by atoms with Gasteiger partial charge < -0.3 is 21.0 Å². The quantitative estimate of drug-likeness (QED) is 0.280. The van der Waals surface area contributed by atoms with Gasteiger partial charge in [0.05, 0.1) is 25.1 Å². The molecule has 0 saturated heterocycles. The van der Waals surface area contributed by atoms with E-state index in [4.69, 9.17) is 16.4 Å². The van der Waals surface area contributed by atoms with E-state index >= 15 is 0 Å². The van der Waals surface area contributed by atoms with Crippen LogP contribution in [0.3, 0.4) is 0 Å². The summed E-state index contributed by atoms with van der Waals surface area (Å²) in [6.45, 7) is 0.629. The number of ether oxygens (including phenoxy) is 1. The fourth-order valence-electron chi connectivity index (χ4n) is 3.18. The van der Waals surface area contributed by atoms with Crippen molar-refractivity contribution in [2.45, 2.75) is 13.0 Å². The van der Waals surface area contributed by atoms with Crippen LogP contribution in [-0.4, -0.2) is 30.1 Å². The predicted molar refractivity (Wildman–Crippen MR) is 114 cm³/mol. The zero-order valence-electron chi connectivity index (χ0n) is 16.2. The SMILES string of the molecule is COC(=O)c1cn(Cc2ccc(/C=N\N)cc2)cc1Cc1cccc(/C=N\N)c1. The largest absolute Gasteiger partial charge is 0.465 e. The number of esters is 1. The van der Waals surface area contributed by atoms with Crippen LogP contribution in [0.5, 0.6) is 0 Å². The Bertz CT molecular complexity index is 1040. The van der Waals surface area contributed by atoms with Gasteiger partial charge in [-0.2, -0.15) is 10.2 Å². The third kappa shape index (κ3) is 5.10. The van der Waals surface area contributed by atoms with Crippen molar-refractivity contribution >= 4 is 18.4 Å². The molecule has 0 radical (unpaired) electrons. The van der Waals surface area contributed by atoms with E-state index in [0.717, 1.165) is 27.8 Å². The van der Waals surface area contributed by atoms with Crippen LogP contribution in [0.4, 0.5) is 0 Å². The minimum Gasteiger partial charge on any atom is -0.465 e. The molecule has 29 heavy (non-hydrogen) atoms. The second-order valence-electron chi connectivity index (χ2n) is 6.58. The molecule has 1 heterocycles. The Kier molecular flexibility index (Phi) is 6.42. The van der Waals surface area contributed by atoms with Crippen LogP contribution in [0, 0.1) is 0 Å². The molecule has 0 unspecified atom stereocenters. The molecule has 2 aromatic carbocycles. The summed E-state index contributed by atoms with van der Waals surface area (Å²) in [4.78, 5) is 12.3. The molecular weight excluding hydrogens is 366 g/mol. The third-order valence-corrected chi connectivity index (χ3v) is 4.51. The molecule has 148 valence electrons. The van der Waals surface area contributed by atoms with Crippen molar-refractivity contribution < 1.29 is 9.53 Å². The molecule has 7 nitrogen and oxygen atoms in total. The Balaban J connectivity index is 1.86. The number of carbonyl (C=O) groups is 1. The van der Waals surface area contributed by atoms with E-state index in [9.17, 15) is 4.79 Å². The Morgan fingerprint density at radius 2 is 1.72 bits per heavy atom. The highest BCUT2D eigenvalue weighted by Crippen LogP contribution is 2.19. The number of benzene rings is 2. The molecule has 0 spiro atoms. The van der Waals surface area contributed by atoms with Crippen LogP contribution in [0.25, 0.3) is 0 Å². The van der Waals surface area contributed by atoms with E-state index in [0.29, 0.717) is 18.5 Å². The van der Waals surface area contributed by atoms with Gasteiger partial charge in [0.25, 0.3) is 0 Å². The molecule has 0 saturated carbocycles. The molecule has 0 fully saturated rings. The van der Waals surface area contributed by atoms with Crippen LogP contribution < -0.4 is 11.7 Å². The predicted octanol–water partition coefficient (Wildman–Crippen LogP) is 2.50. The maximum atomic E-state index is 12.3. The molecule has 3 aromatic rings. The molecule has 4 N–H and O–H groups in total. The number of hydrazone groups is 2. The summed E-state index contributed by atoms with van der Waals surface area (Å²) in [7, 11) is 1.39. The Morgan fingerprint density at radius 1 is 1.00 bits per heavy atom. The summed E-state index contributed by atoms with van der Waals surface area (Å²) in [5, 5.41) is 7.09. The van der Waals surface area contributed by atoms with Crippen molar-refractivity contribution in [1.82, 2.24) is 4.57 Å². The first-order chi connectivity index (χ1) is 14.1. The first-order valence-corrected chi connectivity index (χ1v) is 9.04. The van der Waals surface area contributed by atoms with Gasteiger partial charge >= 0.3 is 5.97 Å². The lowest BCUT2D eigenvalue weighted by atomic mass is 10.0. The summed E-state index contributed by atoms with van der Waals surface area (Å²) >= 11 is 0. The minimum absolute atomic E-state index is 0.354. The van der Waals surface area contributed by atoms with Gasteiger partial charge in [-0.1, -0.05) is 42.5 Å². The van der Waals surface area contributed by atoms with E-state index < -0.39 is 0 Å². The van der Waals surface area contributed by atoms with Gasteiger partial charge in [-0.05, 0) is 40.3 Å². The normalized spacial score (nSPS) is 11.3. The van der Waals surface area contributed by atoms with Gasteiger partial charge in [0.15, 0.2) is 0 Å². The third-order valence-electron chi connectivity index (χ3n) is 4.51. The standard InChI is InChI=1S/C22H23N5O2/c1-29-22(28)21-15-27(13-17-7-5-16(6-8-17)11-25-23)14-20(21)10-18-3-2-4-19(9-18)12-26-24/h2-9,11-12,14-15H,10,13,23-24H2,1H3/b25-11-,26-12-. The number of hydrogen-bond acceptors (Lipinski definition) is 6. The topological polar surface area (TPSA) is 108 Å². The van der Waals surface area contributed by atoms with E-state index in [1.54, 1.807) is 12.4 Å². The number of carbonyl (C=O) groups excluding carboxylic acids is 1. The Labute approximate surface area is 169 Å². The van der Waals surface area contributed by atoms with Crippen LogP contribution in [-0.2, 0) is 17.7 Å². The molecule has 0 bridgehead atoms. The number of hydrogen-bond donors (Lipinski definition) is 2. The number of nitrogens with zero attached hydrogens (tertiary/aromatic N) is 3. The summed E-state index contributed by atoms with van der Waals surface area (Å²) in [6.07, 6.45) is 7.58. The monoisotopic (exact) mass is 389 g/mol. The molecule has 7 heteroatoms. The van der Waals surface area contributed by atoms with Gasteiger partial charge in [-0.15, -0.1) is 0 Å². The number of methoxy groups -OCH3 is 1. The van der Waals surface area contributed by atoms with Crippen LogP contribution in [0.1, 0.15) is 38.2 Å². The van der Waals surface area contributed by atoms with E-state index in [2.05, 4.69) is 10.2 Å². The highest BCUT2D eigenvalue weighted by Gasteiger charge is 2.16. The smallest absolute Gasteiger partial charge is 0.339 e. The van der Waals surface area contributed by atoms with E-state index in [1.165, 1.54) is 7.11 Å². The zero-order chi connectivity index (χ0) is 20.6. The van der Waals surface area contributed by atoms with E-state index in [1.807, 2.05) is 65.5 Å². The summed E-state index contributed by atoms with van der Waals surface area (Å²) in [5.74, 6) is 10.1. The van der Waals surface area contributed by atoms with Gasteiger partial charge in [0, 0.05) is 18.9 Å². The van der Waals surface area contributed by atoms with Gasteiger partial charge in [0.1, 0.15) is 0 Å². The number of aromatic nitrogens is 1. The zero-order valence-corrected chi connectivity index (χ0v) is 16.2. The van der Waals surface area contributed by atoms with Crippen molar-refractivity contribution in [1.29, 1.82) is 0 Å². The van der Waals surface area contributed by atoms with Gasteiger partial charge in [-0.25, -0.2) is 4.79 Å². The molecule has 3 rings (SSSR count). The first kappa shape index (κ1) is 19.9. The highest BCUT2D eigenvalue weighted by atomic mass is 16.5. The Hall–Kier alpha value is -3.87. The number of nitrogens with two attached hydrogens (primary N) is 2. The molecule has 0 aliphatic rings. The summed E-state index contributed by atoms with van der Waals surface area (Å²) in [5.41, 5.74) is 5.43. The molecular formula is C22H23N5O2. The maximum Gasteiger partial charge on any atom is 0.339 e. The lowest BCUT2D eigenvalue weighted by Crippen LogP contribution is -2.03. The molecule has 0 atom stereocenters. The van der Waals surface area contributed by atoms with Crippen molar-refractivity contribution in [2.24, 2.45) is 21.9 Å². The van der Waals surface area contributed by atoms with Crippen LogP contribution in [0.2, 0.25) is 0 Å². The van der Waals surface area contributed by atoms with Crippen molar-refractivity contribution in [3.05, 3.63) is 94.3 Å². The average molecular weight is 389 g/mol. The second-order valence-corrected chi connectivity index (χ2v) is 6.58. The van der Waals surface area contributed by atoms with Gasteiger partial charge in [0.2, 0.25) is 0 Å². The average Bonchev–Trinajstić information content (AvgIpc) is 3.11. The lowest BCUT2D eigenvalue weighted by molar-refractivity contribution is 0.0599. The van der Waals surface area contributed by atoms with Crippen LogP contribution >= 0.6 is 0 Å². The molecule has 0 aliphatic heterocycles. The highest BCUT2D eigenvalue weighted by molar-refractivity contribution is 5.91. The summed E-state index contributed by atoms with van der Waals surface area (Å²) in [6, 6.07) is 15.8. The van der Waals surface area contributed by atoms with E-state index in [-0.39, 0.29) is 5.97 Å².